The minimum atomic E-state index is -0.337. The van der Waals surface area contributed by atoms with Crippen molar-refractivity contribution in [2.45, 2.75) is 78.2 Å². The van der Waals surface area contributed by atoms with E-state index in [9.17, 15) is 4.79 Å². The second kappa shape index (κ2) is 4.00. The Morgan fingerprint density at radius 3 is 2.29 bits per heavy atom. The van der Waals surface area contributed by atoms with Gasteiger partial charge in [0.2, 0.25) is 0 Å². The summed E-state index contributed by atoms with van der Waals surface area (Å²) in [4.78, 5) is 12.3. The van der Waals surface area contributed by atoms with E-state index in [0.717, 1.165) is 12.8 Å². The van der Waals surface area contributed by atoms with Crippen molar-refractivity contribution >= 4 is 5.97 Å². The van der Waals surface area contributed by atoms with Crippen LogP contribution in [-0.4, -0.2) is 11.6 Å². The third-order valence-corrected chi connectivity index (χ3v) is 5.29. The molecular formula is C15H26O2. The summed E-state index contributed by atoms with van der Waals surface area (Å²) in [5.41, 5.74) is -0.184. The molecule has 0 aromatic rings. The van der Waals surface area contributed by atoms with Gasteiger partial charge in [0.05, 0.1) is 5.41 Å². The number of ether oxygens (including phenoxy) is 1. The molecule has 0 N–H and O–H groups in total. The summed E-state index contributed by atoms with van der Waals surface area (Å²) in [6, 6.07) is 0. The maximum atomic E-state index is 12.3. The summed E-state index contributed by atoms with van der Waals surface area (Å²) >= 11 is 0. The molecule has 0 aromatic heterocycles. The van der Waals surface area contributed by atoms with Gasteiger partial charge in [-0.1, -0.05) is 13.3 Å². The molecule has 0 saturated heterocycles. The van der Waals surface area contributed by atoms with E-state index in [2.05, 4.69) is 13.8 Å². The summed E-state index contributed by atoms with van der Waals surface area (Å²) in [6.45, 7) is 8.20. The molecule has 0 radical (unpaired) electrons. The molecule has 0 heterocycles. The lowest BCUT2D eigenvalue weighted by Crippen LogP contribution is -2.46. The molecule has 2 aliphatic carbocycles. The third-order valence-electron chi connectivity index (χ3n) is 5.29. The monoisotopic (exact) mass is 238 g/mol. The van der Waals surface area contributed by atoms with Crippen molar-refractivity contribution in [1.29, 1.82) is 0 Å². The van der Waals surface area contributed by atoms with Crippen molar-refractivity contribution in [3.63, 3.8) is 0 Å². The predicted octanol–water partition coefficient (Wildman–Crippen LogP) is 4.08. The van der Waals surface area contributed by atoms with Crippen molar-refractivity contribution in [3.05, 3.63) is 0 Å². The van der Waals surface area contributed by atoms with Crippen LogP contribution in [-0.2, 0) is 9.53 Å². The van der Waals surface area contributed by atoms with Crippen LogP contribution in [0.3, 0.4) is 0 Å². The van der Waals surface area contributed by atoms with E-state index in [0.29, 0.717) is 5.41 Å². The molecule has 1 unspecified atom stereocenters. The molecule has 2 nitrogen and oxygen atoms in total. The normalized spacial score (nSPS) is 31.3. The molecule has 0 amide bonds. The first-order valence-electron chi connectivity index (χ1n) is 7.09. The standard InChI is InChI=1S/C15H26O2/c1-5-13(2,3)12(16)17-14(4)8-6-7-9-15(14)10-11-15/h5-11H2,1-4H3. The molecule has 0 bridgehead atoms. The van der Waals surface area contributed by atoms with Crippen LogP contribution in [0.25, 0.3) is 0 Å². The molecule has 0 aromatic carbocycles. The Hall–Kier alpha value is -0.530. The summed E-state index contributed by atoms with van der Waals surface area (Å²) in [6.07, 6.45) is 8.17. The van der Waals surface area contributed by atoms with Crippen molar-refractivity contribution < 1.29 is 9.53 Å². The van der Waals surface area contributed by atoms with E-state index in [1.807, 2.05) is 13.8 Å². The Balaban J connectivity index is 2.09. The van der Waals surface area contributed by atoms with Gasteiger partial charge in [0, 0.05) is 5.41 Å². The summed E-state index contributed by atoms with van der Waals surface area (Å²) < 4.78 is 5.97. The average Bonchev–Trinajstić information content (AvgIpc) is 3.04. The Kier molecular flexibility index (Phi) is 3.04. The van der Waals surface area contributed by atoms with Gasteiger partial charge >= 0.3 is 5.97 Å². The Bertz CT molecular complexity index is 315. The number of rotatable bonds is 3. The molecule has 1 atom stereocenters. The molecule has 2 fully saturated rings. The number of carbonyl (C=O) groups excluding carboxylic acids is 1. The highest BCUT2D eigenvalue weighted by Crippen LogP contribution is 2.63. The van der Waals surface area contributed by atoms with Gasteiger partial charge in [0.15, 0.2) is 0 Å². The Morgan fingerprint density at radius 2 is 1.76 bits per heavy atom. The van der Waals surface area contributed by atoms with Gasteiger partial charge in [0.1, 0.15) is 5.60 Å². The molecule has 1 spiro atoms. The van der Waals surface area contributed by atoms with Crippen molar-refractivity contribution in [3.8, 4) is 0 Å². The molecule has 98 valence electrons. The maximum absolute atomic E-state index is 12.3. The third kappa shape index (κ3) is 2.11. The second-order valence-electron chi connectivity index (χ2n) is 6.85. The molecular weight excluding hydrogens is 212 g/mol. The van der Waals surface area contributed by atoms with Gasteiger partial charge in [0.25, 0.3) is 0 Å². The van der Waals surface area contributed by atoms with E-state index in [1.54, 1.807) is 0 Å². The van der Waals surface area contributed by atoms with E-state index >= 15 is 0 Å². The molecule has 2 rings (SSSR count). The van der Waals surface area contributed by atoms with Crippen LogP contribution in [0.4, 0.5) is 0 Å². The lowest BCUT2D eigenvalue weighted by molar-refractivity contribution is -0.181. The van der Waals surface area contributed by atoms with Gasteiger partial charge in [-0.3, -0.25) is 4.79 Å². The summed E-state index contributed by atoms with van der Waals surface area (Å²) in [5.74, 6) is -0.00400. The van der Waals surface area contributed by atoms with Crippen LogP contribution >= 0.6 is 0 Å². The molecule has 0 aliphatic heterocycles. The van der Waals surface area contributed by atoms with Crippen LogP contribution in [0.2, 0.25) is 0 Å². The van der Waals surface area contributed by atoms with Crippen LogP contribution in [0.15, 0.2) is 0 Å². The van der Waals surface area contributed by atoms with E-state index in [-0.39, 0.29) is 17.0 Å². The van der Waals surface area contributed by atoms with Crippen molar-refractivity contribution in [1.82, 2.24) is 0 Å². The lowest BCUT2D eigenvalue weighted by Gasteiger charge is -2.43. The van der Waals surface area contributed by atoms with Crippen LogP contribution in [0.1, 0.15) is 72.6 Å². The first kappa shape index (κ1) is 12.9. The smallest absolute Gasteiger partial charge is 0.312 e. The highest BCUT2D eigenvalue weighted by Gasteiger charge is 2.60. The SMILES string of the molecule is CCC(C)(C)C(=O)OC1(C)CCCCC12CC2. The van der Waals surface area contributed by atoms with Crippen LogP contribution in [0.5, 0.6) is 0 Å². The van der Waals surface area contributed by atoms with Crippen molar-refractivity contribution in [2.24, 2.45) is 10.8 Å². The van der Waals surface area contributed by atoms with E-state index < -0.39 is 0 Å². The fraction of sp³-hybridized carbons (Fsp3) is 0.933. The minimum absolute atomic E-state index is 0.00400. The van der Waals surface area contributed by atoms with Gasteiger partial charge in [-0.25, -0.2) is 0 Å². The fourth-order valence-corrected chi connectivity index (χ4v) is 3.03. The number of hydrogen-bond acceptors (Lipinski definition) is 2. The highest BCUT2D eigenvalue weighted by atomic mass is 16.6. The van der Waals surface area contributed by atoms with Crippen LogP contribution < -0.4 is 0 Å². The van der Waals surface area contributed by atoms with Crippen molar-refractivity contribution in [2.75, 3.05) is 0 Å². The first-order valence-corrected chi connectivity index (χ1v) is 7.09. The zero-order valence-electron chi connectivity index (χ0n) is 11.8. The van der Waals surface area contributed by atoms with Gasteiger partial charge in [-0.2, -0.15) is 0 Å². The summed E-state index contributed by atoms with van der Waals surface area (Å²) in [7, 11) is 0. The Labute approximate surface area is 105 Å². The lowest BCUT2D eigenvalue weighted by atomic mass is 9.73. The van der Waals surface area contributed by atoms with Crippen LogP contribution in [0, 0.1) is 10.8 Å². The highest BCUT2D eigenvalue weighted by molar-refractivity contribution is 5.76. The average molecular weight is 238 g/mol. The Morgan fingerprint density at radius 1 is 1.18 bits per heavy atom. The molecule has 2 saturated carbocycles. The zero-order valence-corrected chi connectivity index (χ0v) is 11.8. The van der Waals surface area contributed by atoms with E-state index in [1.165, 1.54) is 32.1 Å². The minimum Gasteiger partial charge on any atom is -0.458 e. The quantitative estimate of drug-likeness (QED) is 0.692. The number of hydrogen-bond donors (Lipinski definition) is 0. The molecule has 17 heavy (non-hydrogen) atoms. The number of carbonyl (C=O) groups is 1. The second-order valence-corrected chi connectivity index (χ2v) is 6.85. The maximum Gasteiger partial charge on any atom is 0.312 e. The zero-order chi connectivity index (χ0) is 12.7. The van der Waals surface area contributed by atoms with Gasteiger partial charge < -0.3 is 4.74 Å². The predicted molar refractivity (Wildman–Crippen MR) is 68.7 cm³/mol. The summed E-state index contributed by atoms with van der Waals surface area (Å²) in [5, 5.41) is 0. The largest absolute Gasteiger partial charge is 0.458 e. The first-order chi connectivity index (χ1) is 7.85. The van der Waals surface area contributed by atoms with Gasteiger partial charge in [-0.15, -0.1) is 0 Å². The molecule has 2 aliphatic rings. The van der Waals surface area contributed by atoms with Gasteiger partial charge in [-0.05, 0) is 59.3 Å². The van der Waals surface area contributed by atoms with E-state index in [4.69, 9.17) is 4.74 Å². The fourth-order valence-electron chi connectivity index (χ4n) is 3.03. The number of esters is 1. The topological polar surface area (TPSA) is 26.3 Å². The molecule has 2 heteroatoms.